The third-order valence-corrected chi connectivity index (χ3v) is 4.54. The van der Waals surface area contributed by atoms with Gasteiger partial charge in [-0.15, -0.1) is 0 Å². The largest absolute Gasteiger partial charge is 0.384 e. The lowest BCUT2D eigenvalue weighted by Gasteiger charge is -2.21. The summed E-state index contributed by atoms with van der Waals surface area (Å²) in [5, 5.41) is 7.41. The topological polar surface area (TPSA) is 46.9 Å². The van der Waals surface area contributed by atoms with Crippen LogP contribution in [-0.4, -0.2) is 16.3 Å². The molecule has 1 aromatic heterocycles. The maximum atomic E-state index is 12.0. The standard InChI is InChI=1S/C14H21N3O/c1-2-15-13-7-14(18)17(16-8-13)9-12-6-10-3-4-11(12)5-10/h7-8,10-12,15H,2-6,9H2,1H3. The van der Waals surface area contributed by atoms with Crippen molar-refractivity contribution in [3.05, 3.63) is 22.6 Å². The molecule has 18 heavy (non-hydrogen) atoms. The summed E-state index contributed by atoms with van der Waals surface area (Å²) in [5.74, 6) is 2.45. The Morgan fingerprint density at radius 3 is 2.94 bits per heavy atom. The highest BCUT2D eigenvalue weighted by molar-refractivity contribution is 5.38. The first kappa shape index (κ1) is 11.8. The Kier molecular flexibility index (Phi) is 3.10. The second-order valence-corrected chi connectivity index (χ2v) is 5.73. The molecule has 2 fully saturated rings. The fourth-order valence-corrected chi connectivity index (χ4v) is 3.69. The molecular formula is C14H21N3O. The van der Waals surface area contributed by atoms with E-state index in [1.165, 1.54) is 25.7 Å². The van der Waals surface area contributed by atoms with Crippen molar-refractivity contribution in [2.45, 2.75) is 39.2 Å². The molecule has 2 saturated carbocycles. The van der Waals surface area contributed by atoms with Crippen LogP contribution in [-0.2, 0) is 6.54 Å². The third-order valence-electron chi connectivity index (χ3n) is 4.54. The Morgan fingerprint density at radius 2 is 2.33 bits per heavy atom. The fraction of sp³-hybridized carbons (Fsp3) is 0.714. The Bertz CT molecular complexity index is 482. The normalized spacial score (nSPS) is 29.7. The summed E-state index contributed by atoms with van der Waals surface area (Å²) in [5.41, 5.74) is 0.850. The number of nitrogens with one attached hydrogen (secondary N) is 1. The van der Waals surface area contributed by atoms with Crippen LogP contribution in [0.3, 0.4) is 0 Å². The van der Waals surface area contributed by atoms with E-state index in [9.17, 15) is 4.79 Å². The monoisotopic (exact) mass is 247 g/mol. The maximum Gasteiger partial charge on any atom is 0.268 e. The number of rotatable bonds is 4. The number of hydrogen-bond donors (Lipinski definition) is 1. The highest BCUT2D eigenvalue weighted by Crippen LogP contribution is 2.48. The molecule has 3 atom stereocenters. The van der Waals surface area contributed by atoms with Crippen LogP contribution < -0.4 is 10.9 Å². The van der Waals surface area contributed by atoms with E-state index in [2.05, 4.69) is 10.4 Å². The Balaban J connectivity index is 1.71. The molecule has 2 aliphatic rings. The van der Waals surface area contributed by atoms with Crippen LogP contribution in [0, 0.1) is 17.8 Å². The lowest BCUT2D eigenvalue weighted by Crippen LogP contribution is -2.28. The number of anilines is 1. The minimum Gasteiger partial charge on any atom is -0.384 e. The van der Waals surface area contributed by atoms with Crippen LogP contribution in [0.2, 0.25) is 0 Å². The summed E-state index contributed by atoms with van der Waals surface area (Å²) in [6.45, 7) is 3.64. The summed E-state index contributed by atoms with van der Waals surface area (Å²) in [6, 6.07) is 1.66. The molecule has 0 aliphatic heterocycles. The molecule has 0 saturated heterocycles. The van der Waals surface area contributed by atoms with Crippen molar-refractivity contribution in [1.29, 1.82) is 0 Å². The minimum atomic E-state index is 0.0243. The Morgan fingerprint density at radius 1 is 1.44 bits per heavy atom. The highest BCUT2D eigenvalue weighted by atomic mass is 16.1. The van der Waals surface area contributed by atoms with Crippen molar-refractivity contribution < 1.29 is 0 Å². The molecule has 1 N–H and O–H groups in total. The van der Waals surface area contributed by atoms with Crippen LogP contribution >= 0.6 is 0 Å². The van der Waals surface area contributed by atoms with Crippen molar-refractivity contribution in [1.82, 2.24) is 9.78 Å². The van der Waals surface area contributed by atoms with E-state index in [0.717, 1.165) is 30.6 Å². The second kappa shape index (κ2) is 4.75. The first-order valence-corrected chi connectivity index (χ1v) is 7.07. The number of fused-ring (bicyclic) bond motifs is 2. The first-order chi connectivity index (χ1) is 8.76. The second-order valence-electron chi connectivity index (χ2n) is 5.73. The SMILES string of the molecule is CCNc1cnn(CC2CC3CCC2C3)c(=O)c1. The van der Waals surface area contributed by atoms with Crippen molar-refractivity contribution in [3.8, 4) is 0 Å². The van der Waals surface area contributed by atoms with Gasteiger partial charge in [-0.25, -0.2) is 4.68 Å². The predicted octanol–water partition coefficient (Wildman–Crippen LogP) is 2.11. The van der Waals surface area contributed by atoms with Gasteiger partial charge in [0.2, 0.25) is 0 Å². The van der Waals surface area contributed by atoms with E-state index in [1.807, 2.05) is 6.92 Å². The third kappa shape index (κ3) is 2.16. The minimum absolute atomic E-state index is 0.0243. The summed E-state index contributed by atoms with van der Waals surface area (Å²) < 4.78 is 1.65. The molecule has 0 aromatic carbocycles. The van der Waals surface area contributed by atoms with Gasteiger partial charge in [0, 0.05) is 19.2 Å². The van der Waals surface area contributed by atoms with Crippen LogP contribution in [0.1, 0.15) is 32.6 Å². The van der Waals surface area contributed by atoms with Crippen molar-refractivity contribution in [2.24, 2.45) is 17.8 Å². The van der Waals surface area contributed by atoms with E-state index in [4.69, 9.17) is 0 Å². The zero-order valence-electron chi connectivity index (χ0n) is 10.9. The maximum absolute atomic E-state index is 12.0. The molecule has 4 nitrogen and oxygen atoms in total. The van der Waals surface area contributed by atoms with E-state index >= 15 is 0 Å². The molecule has 2 aliphatic carbocycles. The van der Waals surface area contributed by atoms with Gasteiger partial charge in [-0.05, 0) is 43.9 Å². The van der Waals surface area contributed by atoms with Gasteiger partial charge >= 0.3 is 0 Å². The first-order valence-electron chi connectivity index (χ1n) is 7.07. The summed E-state index contributed by atoms with van der Waals surface area (Å²) in [7, 11) is 0. The zero-order chi connectivity index (χ0) is 12.5. The Labute approximate surface area is 107 Å². The molecule has 4 heteroatoms. The molecule has 0 spiro atoms. The number of nitrogens with zero attached hydrogens (tertiary/aromatic N) is 2. The lowest BCUT2D eigenvalue weighted by molar-refractivity contribution is 0.280. The van der Waals surface area contributed by atoms with Gasteiger partial charge in [0.15, 0.2) is 0 Å². The zero-order valence-corrected chi connectivity index (χ0v) is 10.9. The van der Waals surface area contributed by atoms with Crippen LogP contribution in [0.25, 0.3) is 0 Å². The van der Waals surface area contributed by atoms with Gasteiger partial charge in [-0.1, -0.05) is 6.42 Å². The molecule has 98 valence electrons. The van der Waals surface area contributed by atoms with E-state index < -0.39 is 0 Å². The smallest absolute Gasteiger partial charge is 0.268 e. The number of hydrogen-bond acceptors (Lipinski definition) is 3. The van der Waals surface area contributed by atoms with Crippen molar-refractivity contribution >= 4 is 5.69 Å². The molecule has 3 rings (SSSR count). The lowest BCUT2D eigenvalue weighted by atomic mass is 9.89. The van der Waals surface area contributed by atoms with Gasteiger partial charge in [-0.3, -0.25) is 4.79 Å². The van der Waals surface area contributed by atoms with Gasteiger partial charge in [-0.2, -0.15) is 5.10 Å². The van der Waals surface area contributed by atoms with Gasteiger partial charge in [0.05, 0.1) is 11.9 Å². The molecule has 1 heterocycles. The molecule has 0 radical (unpaired) electrons. The van der Waals surface area contributed by atoms with E-state index in [0.29, 0.717) is 5.92 Å². The van der Waals surface area contributed by atoms with Crippen molar-refractivity contribution in [3.63, 3.8) is 0 Å². The number of aromatic nitrogens is 2. The molecular weight excluding hydrogens is 226 g/mol. The average molecular weight is 247 g/mol. The molecule has 0 amide bonds. The van der Waals surface area contributed by atoms with Crippen LogP contribution in [0.5, 0.6) is 0 Å². The van der Waals surface area contributed by atoms with Crippen LogP contribution in [0.4, 0.5) is 5.69 Å². The van der Waals surface area contributed by atoms with Crippen molar-refractivity contribution in [2.75, 3.05) is 11.9 Å². The quantitative estimate of drug-likeness (QED) is 0.886. The van der Waals surface area contributed by atoms with E-state index in [-0.39, 0.29) is 5.56 Å². The summed E-state index contributed by atoms with van der Waals surface area (Å²) >= 11 is 0. The van der Waals surface area contributed by atoms with Gasteiger partial charge < -0.3 is 5.32 Å². The average Bonchev–Trinajstić information content (AvgIpc) is 2.95. The fourth-order valence-electron chi connectivity index (χ4n) is 3.69. The van der Waals surface area contributed by atoms with E-state index in [1.54, 1.807) is 16.9 Å². The molecule has 3 unspecified atom stereocenters. The predicted molar refractivity (Wildman–Crippen MR) is 71.6 cm³/mol. The summed E-state index contributed by atoms with van der Waals surface area (Å²) in [4.78, 5) is 12.0. The Hall–Kier alpha value is -1.32. The van der Waals surface area contributed by atoms with Gasteiger partial charge in [0.1, 0.15) is 0 Å². The molecule has 1 aromatic rings. The highest BCUT2D eigenvalue weighted by Gasteiger charge is 2.39. The van der Waals surface area contributed by atoms with Gasteiger partial charge in [0.25, 0.3) is 5.56 Å². The summed E-state index contributed by atoms with van der Waals surface area (Å²) in [6.07, 6.45) is 7.21. The van der Waals surface area contributed by atoms with Crippen LogP contribution in [0.15, 0.2) is 17.1 Å². The molecule has 2 bridgehead atoms.